The maximum atomic E-state index is 13.0. The van der Waals surface area contributed by atoms with Crippen molar-refractivity contribution in [2.24, 2.45) is 5.92 Å². The maximum absolute atomic E-state index is 13.0. The summed E-state index contributed by atoms with van der Waals surface area (Å²) in [5.74, 6) is -16.3. The number of carbonyl (C=O) groups is 2. The summed E-state index contributed by atoms with van der Waals surface area (Å²) in [6, 6.07) is -0.850. The molecule has 0 unspecified atom stereocenters. The lowest BCUT2D eigenvalue weighted by Gasteiger charge is -2.26. The number of nitrogens with one attached hydrogen (secondary N) is 1. The zero-order valence-electron chi connectivity index (χ0n) is 13.3. The number of hydrogen-bond acceptors (Lipinski definition) is 4. The Balaban J connectivity index is 4.34. The van der Waals surface area contributed by atoms with E-state index in [-0.39, 0.29) is 18.2 Å². The Morgan fingerprint density at radius 1 is 1.04 bits per heavy atom. The van der Waals surface area contributed by atoms with Gasteiger partial charge < -0.3 is 10.4 Å². The van der Waals surface area contributed by atoms with Crippen molar-refractivity contribution >= 4 is 23.5 Å². The van der Waals surface area contributed by atoms with E-state index in [1.807, 2.05) is 0 Å². The molecule has 0 heterocycles. The van der Waals surface area contributed by atoms with Gasteiger partial charge in [-0.15, -0.1) is 0 Å². The van der Waals surface area contributed by atoms with Gasteiger partial charge in [0.15, 0.2) is 0 Å². The van der Waals surface area contributed by atoms with Crippen LogP contribution in [0.15, 0.2) is 0 Å². The predicted octanol–water partition coefficient (Wildman–Crippen LogP) is 3.21. The van der Waals surface area contributed by atoms with Crippen LogP contribution in [0.25, 0.3) is 0 Å². The zero-order valence-corrected chi connectivity index (χ0v) is 14.1. The van der Waals surface area contributed by atoms with Crippen LogP contribution in [-0.4, -0.2) is 59.0 Å². The van der Waals surface area contributed by atoms with Crippen molar-refractivity contribution in [1.29, 1.82) is 0 Å². The van der Waals surface area contributed by atoms with E-state index in [4.69, 9.17) is 5.11 Å². The number of thioether (sulfide) groups is 1. The third-order valence-electron chi connectivity index (χ3n) is 3.12. The van der Waals surface area contributed by atoms with Crippen LogP contribution < -0.4 is 5.32 Å². The highest BCUT2D eigenvalue weighted by Gasteiger charge is 2.75. The fraction of sp³-hybridized carbons (Fsp3) is 0.846. The lowest BCUT2D eigenvalue weighted by molar-refractivity contribution is -0.343. The molecule has 0 bridgehead atoms. The van der Waals surface area contributed by atoms with E-state index >= 15 is 0 Å². The van der Waals surface area contributed by atoms with E-state index < -0.39 is 48.0 Å². The SMILES string of the molecule is CC(C)[C@H](NCCSCCC(=O)C(F)(F)C(F)(F)C(F)(F)F)C(=O)O. The molecular formula is C13H18F7NO3S. The number of carboxylic acid groups (broad SMARTS) is 1. The van der Waals surface area contributed by atoms with Gasteiger partial charge in [-0.3, -0.25) is 9.59 Å². The van der Waals surface area contributed by atoms with Gasteiger partial charge in [-0.1, -0.05) is 13.8 Å². The molecule has 25 heavy (non-hydrogen) atoms. The van der Waals surface area contributed by atoms with Gasteiger partial charge in [0.2, 0.25) is 5.78 Å². The number of hydrogen-bond donors (Lipinski definition) is 2. The monoisotopic (exact) mass is 401 g/mol. The van der Waals surface area contributed by atoms with E-state index in [2.05, 4.69) is 5.32 Å². The van der Waals surface area contributed by atoms with Gasteiger partial charge in [-0.25, -0.2) is 0 Å². The van der Waals surface area contributed by atoms with E-state index in [0.29, 0.717) is 0 Å². The van der Waals surface area contributed by atoms with Crippen molar-refractivity contribution < 1.29 is 45.4 Å². The first-order chi connectivity index (χ1) is 11.2. The van der Waals surface area contributed by atoms with Crippen LogP contribution in [0.5, 0.6) is 0 Å². The normalized spacial score (nSPS) is 14.6. The van der Waals surface area contributed by atoms with Crippen LogP contribution in [-0.2, 0) is 9.59 Å². The predicted molar refractivity (Wildman–Crippen MR) is 77.2 cm³/mol. The standard InChI is InChI=1S/C13H18F7NO3S/c1-7(2)9(10(23)24)21-4-6-25-5-3-8(22)11(14,15)12(16,17)13(18,19)20/h7,9,21H,3-6H2,1-2H3,(H,23,24)/t9-/m0/s1. The number of rotatable bonds is 11. The van der Waals surface area contributed by atoms with Gasteiger partial charge in [-0.05, 0) is 5.92 Å². The van der Waals surface area contributed by atoms with Crippen molar-refractivity contribution in [3.63, 3.8) is 0 Å². The second-order valence-electron chi connectivity index (χ2n) is 5.45. The van der Waals surface area contributed by atoms with Gasteiger partial charge in [0.05, 0.1) is 0 Å². The van der Waals surface area contributed by atoms with Crippen LogP contribution in [0.1, 0.15) is 20.3 Å². The molecule has 4 nitrogen and oxygen atoms in total. The first-order valence-electron chi connectivity index (χ1n) is 7.05. The van der Waals surface area contributed by atoms with Crippen LogP contribution in [0.2, 0.25) is 0 Å². The first-order valence-corrected chi connectivity index (χ1v) is 8.21. The Bertz CT molecular complexity index is 469. The van der Waals surface area contributed by atoms with E-state index in [1.165, 1.54) is 0 Å². The third-order valence-corrected chi connectivity index (χ3v) is 4.10. The number of Topliss-reactive ketones (excluding diaryl/α,β-unsaturated/α-hetero) is 1. The molecular weight excluding hydrogens is 383 g/mol. The summed E-state index contributed by atoms with van der Waals surface area (Å²) >= 11 is 0.845. The van der Waals surface area contributed by atoms with Crippen molar-refractivity contribution in [3.05, 3.63) is 0 Å². The summed E-state index contributed by atoms with van der Waals surface area (Å²) in [5.41, 5.74) is 0. The highest BCUT2D eigenvalue weighted by atomic mass is 32.2. The molecule has 12 heteroatoms. The minimum absolute atomic E-state index is 0.128. The van der Waals surface area contributed by atoms with Crippen molar-refractivity contribution in [2.75, 3.05) is 18.1 Å². The van der Waals surface area contributed by atoms with Gasteiger partial charge in [0.25, 0.3) is 0 Å². The summed E-state index contributed by atoms with van der Waals surface area (Å²) in [6.45, 7) is 3.43. The number of alkyl halides is 7. The average Bonchev–Trinajstić information content (AvgIpc) is 2.43. The molecule has 0 saturated carbocycles. The molecule has 0 aliphatic carbocycles. The number of aliphatic carboxylic acids is 1. The lowest BCUT2D eigenvalue weighted by Crippen LogP contribution is -2.56. The smallest absolute Gasteiger partial charge is 0.460 e. The third kappa shape index (κ3) is 6.32. The van der Waals surface area contributed by atoms with Crippen LogP contribution in [0.4, 0.5) is 30.7 Å². The number of carboxylic acids is 1. The molecule has 0 radical (unpaired) electrons. The van der Waals surface area contributed by atoms with Crippen molar-refractivity contribution in [1.82, 2.24) is 5.32 Å². The summed E-state index contributed by atoms with van der Waals surface area (Å²) in [7, 11) is 0. The summed E-state index contributed by atoms with van der Waals surface area (Å²) in [6.07, 6.45) is -7.71. The Morgan fingerprint density at radius 3 is 1.96 bits per heavy atom. The molecule has 0 amide bonds. The Kier molecular flexibility index (Phi) is 8.68. The lowest BCUT2D eigenvalue weighted by atomic mass is 10.1. The van der Waals surface area contributed by atoms with E-state index in [0.717, 1.165) is 11.8 Å². The molecule has 2 N–H and O–H groups in total. The number of ketones is 1. The molecule has 0 aromatic carbocycles. The van der Waals surface area contributed by atoms with Crippen LogP contribution in [0, 0.1) is 5.92 Å². The summed E-state index contributed by atoms with van der Waals surface area (Å²) < 4.78 is 87.2. The first kappa shape index (κ1) is 24.0. The summed E-state index contributed by atoms with van der Waals surface area (Å²) in [4.78, 5) is 21.9. The second-order valence-corrected chi connectivity index (χ2v) is 6.67. The van der Waals surface area contributed by atoms with Crippen LogP contribution in [0.3, 0.4) is 0 Å². The topological polar surface area (TPSA) is 66.4 Å². The molecule has 0 aromatic heterocycles. The number of carbonyl (C=O) groups excluding carboxylic acids is 1. The molecule has 0 rings (SSSR count). The van der Waals surface area contributed by atoms with Crippen LogP contribution >= 0.6 is 11.8 Å². The molecule has 0 aliphatic rings. The second kappa shape index (κ2) is 9.06. The van der Waals surface area contributed by atoms with E-state index in [9.17, 15) is 40.3 Å². The van der Waals surface area contributed by atoms with Gasteiger partial charge in [0.1, 0.15) is 6.04 Å². The van der Waals surface area contributed by atoms with E-state index in [1.54, 1.807) is 13.8 Å². The Hall–Kier alpha value is -1.04. The molecule has 0 aliphatic heterocycles. The Morgan fingerprint density at radius 2 is 1.56 bits per heavy atom. The quantitative estimate of drug-likeness (QED) is 0.411. The highest BCUT2D eigenvalue weighted by molar-refractivity contribution is 7.99. The Labute approximate surface area is 143 Å². The highest BCUT2D eigenvalue weighted by Crippen LogP contribution is 2.47. The zero-order chi connectivity index (χ0) is 20.1. The van der Waals surface area contributed by atoms with Gasteiger partial charge >= 0.3 is 24.0 Å². The van der Waals surface area contributed by atoms with Crippen molar-refractivity contribution in [3.8, 4) is 0 Å². The van der Waals surface area contributed by atoms with Gasteiger partial charge in [0, 0.05) is 24.5 Å². The maximum Gasteiger partial charge on any atom is 0.460 e. The molecule has 1 atom stereocenters. The average molecular weight is 401 g/mol. The molecule has 0 saturated heterocycles. The minimum Gasteiger partial charge on any atom is -0.480 e. The minimum atomic E-state index is -6.54. The summed E-state index contributed by atoms with van der Waals surface area (Å²) in [5, 5.41) is 11.5. The van der Waals surface area contributed by atoms with Crippen molar-refractivity contribution in [2.45, 2.75) is 44.3 Å². The largest absolute Gasteiger partial charge is 0.480 e. The molecule has 148 valence electrons. The molecule has 0 spiro atoms. The molecule has 0 fully saturated rings. The fourth-order valence-corrected chi connectivity index (χ4v) is 2.47. The van der Waals surface area contributed by atoms with Gasteiger partial charge in [-0.2, -0.15) is 42.5 Å². The fourth-order valence-electron chi connectivity index (χ4n) is 1.67. The number of halogens is 7. The molecule has 0 aromatic rings.